The smallest absolute Gasteiger partial charge is 0.276 e. The normalized spacial score (nSPS) is 20.4. The van der Waals surface area contributed by atoms with Gasteiger partial charge in [0.2, 0.25) is 11.8 Å². The van der Waals surface area contributed by atoms with Crippen molar-refractivity contribution in [2.75, 3.05) is 38.5 Å². The number of hydrogen-bond donors (Lipinski definition) is 3. The third-order valence-electron chi connectivity index (χ3n) is 9.44. The van der Waals surface area contributed by atoms with E-state index >= 15 is 4.39 Å². The van der Waals surface area contributed by atoms with Crippen LogP contribution < -0.4 is 16.0 Å². The maximum absolute atomic E-state index is 15.7. The van der Waals surface area contributed by atoms with E-state index in [1.807, 2.05) is 14.0 Å². The summed E-state index contributed by atoms with van der Waals surface area (Å²) in [5, 5.41) is 19.5. The van der Waals surface area contributed by atoms with Crippen molar-refractivity contribution in [2.24, 2.45) is 11.8 Å². The van der Waals surface area contributed by atoms with Gasteiger partial charge < -0.3 is 25.8 Å². The van der Waals surface area contributed by atoms with Gasteiger partial charge in [0.1, 0.15) is 28.5 Å². The van der Waals surface area contributed by atoms with E-state index in [1.54, 1.807) is 17.9 Å². The molecule has 0 spiro atoms. The second kappa shape index (κ2) is 15.7. The molecule has 1 aromatic carbocycles. The molecule has 1 aliphatic heterocycles. The molecule has 0 bridgehead atoms. The summed E-state index contributed by atoms with van der Waals surface area (Å²) in [5.74, 6) is -2.88. The van der Waals surface area contributed by atoms with Gasteiger partial charge in [0, 0.05) is 32.1 Å². The Labute approximate surface area is 282 Å². The molecule has 1 saturated carbocycles. The quantitative estimate of drug-likeness (QED) is 0.273. The van der Waals surface area contributed by atoms with E-state index in [-0.39, 0.29) is 28.1 Å². The highest BCUT2D eigenvalue weighted by Crippen LogP contribution is 2.32. The Hall–Kier alpha value is -4.31. The molecule has 48 heavy (non-hydrogen) atoms. The van der Waals surface area contributed by atoms with E-state index in [0.29, 0.717) is 49.8 Å². The summed E-state index contributed by atoms with van der Waals surface area (Å²) < 4.78 is 24.2. The van der Waals surface area contributed by atoms with Gasteiger partial charge in [-0.1, -0.05) is 49.3 Å². The van der Waals surface area contributed by atoms with Crippen molar-refractivity contribution in [1.29, 1.82) is 0 Å². The van der Waals surface area contributed by atoms with Crippen LogP contribution in [0.3, 0.4) is 0 Å². The summed E-state index contributed by atoms with van der Waals surface area (Å²) in [7, 11) is 1.98. The molecule has 4 amide bonds. The zero-order valence-corrected chi connectivity index (χ0v) is 28.4. The minimum absolute atomic E-state index is 0.0170. The molecule has 2 aliphatic rings. The summed E-state index contributed by atoms with van der Waals surface area (Å²) in [5.41, 5.74) is 0.781. The maximum atomic E-state index is 15.7. The molecule has 3 atom stereocenters. The van der Waals surface area contributed by atoms with E-state index in [1.165, 1.54) is 18.3 Å². The van der Waals surface area contributed by atoms with Crippen LogP contribution in [0.1, 0.15) is 83.8 Å². The molecule has 2 aromatic heterocycles. The van der Waals surface area contributed by atoms with Crippen LogP contribution in [0.25, 0.3) is 0 Å². The predicted molar refractivity (Wildman–Crippen MR) is 175 cm³/mol. The second-order valence-corrected chi connectivity index (χ2v) is 13.5. The van der Waals surface area contributed by atoms with Gasteiger partial charge in [-0.2, -0.15) is 0 Å². The number of hydrogen-bond acceptors (Lipinski definition) is 11. The first-order valence-corrected chi connectivity index (χ1v) is 17.1. The molecule has 1 saturated heterocycles. The number of benzene rings is 1. The van der Waals surface area contributed by atoms with Crippen molar-refractivity contribution in [1.82, 2.24) is 40.3 Å². The van der Waals surface area contributed by atoms with Crippen LogP contribution in [0.5, 0.6) is 0 Å². The Balaban J connectivity index is 1.34. The standard InChI is InChI=1S/C32H42FN9O5S/c1-5-23-28(39-47-38-23)31(45)37-27(20-8-6-18(2)7-9-20)30(44)35-24-11-10-21(16-22(24)33)19(3)26(36-29(43)25-17-34-40-48-25)32(46)42-14-12-41(4)13-15-42/h10-11,16-20,26-27H,5-9,12-15H2,1-4H3,(H,35,44)(H,36,43)(H,37,45)/t18-,19-,20-,26+,27-/m0/s1. The molecule has 3 N–H and O–H groups in total. The van der Waals surface area contributed by atoms with Gasteiger partial charge in [-0.15, -0.1) is 5.10 Å². The topological polar surface area (TPSA) is 176 Å². The van der Waals surface area contributed by atoms with Crippen LogP contribution in [0.2, 0.25) is 0 Å². The number of aryl methyl sites for hydroxylation is 1. The van der Waals surface area contributed by atoms with Crippen molar-refractivity contribution >= 4 is 40.8 Å². The van der Waals surface area contributed by atoms with Crippen molar-refractivity contribution in [3.63, 3.8) is 0 Å². The van der Waals surface area contributed by atoms with E-state index in [0.717, 1.165) is 37.2 Å². The average Bonchev–Trinajstić information content (AvgIpc) is 3.80. The number of halogens is 1. The molecule has 16 heteroatoms. The molecular formula is C32H42FN9O5S. The molecule has 2 fully saturated rings. The van der Waals surface area contributed by atoms with Gasteiger partial charge in [-0.3, -0.25) is 19.2 Å². The van der Waals surface area contributed by atoms with Crippen LogP contribution in [-0.2, 0) is 16.0 Å². The fourth-order valence-electron chi connectivity index (χ4n) is 6.26. The lowest BCUT2D eigenvalue weighted by Crippen LogP contribution is -2.55. The van der Waals surface area contributed by atoms with E-state index in [9.17, 15) is 19.2 Å². The first-order chi connectivity index (χ1) is 23.0. The van der Waals surface area contributed by atoms with E-state index in [4.69, 9.17) is 4.63 Å². The third-order valence-corrected chi connectivity index (χ3v) is 10.1. The zero-order chi connectivity index (χ0) is 34.4. The lowest BCUT2D eigenvalue weighted by Gasteiger charge is -2.36. The summed E-state index contributed by atoms with van der Waals surface area (Å²) >= 11 is 0.913. The Bertz CT molecular complexity index is 1590. The van der Waals surface area contributed by atoms with Gasteiger partial charge in [0.05, 0.1) is 11.9 Å². The minimum atomic E-state index is -0.991. The number of carbonyl (C=O) groups is 4. The van der Waals surface area contributed by atoms with Gasteiger partial charge in [-0.05, 0) is 72.5 Å². The van der Waals surface area contributed by atoms with Crippen molar-refractivity contribution < 1.29 is 28.2 Å². The van der Waals surface area contributed by atoms with Crippen LogP contribution in [0.4, 0.5) is 10.1 Å². The van der Waals surface area contributed by atoms with E-state index in [2.05, 4.69) is 47.7 Å². The summed E-state index contributed by atoms with van der Waals surface area (Å²) in [6.07, 6.45) is 5.01. The molecule has 0 radical (unpaired) electrons. The van der Waals surface area contributed by atoms with Gasteiger partial charge in [0.25, 0.3) is 11.8 Å². The van der Waals surface area contributed by atoms with Crippen LogP contribution in [0, 0.1) is 17.7 Å². The van der Waals surface area contributed by atoms with Crippen LogP contribution >= 0.6 is 11.5 Å². The number of piperazine rings is 1. The first kappa shape index (κ1) is 35.0. The molecule has 258 valence electrons. The lowest BCUT2D eigenvalue weighted by atomic mass is 9.79. The molecule has 5 rings (SSSR count). The Kier molecular flexibility index (Phi) is 11.5. The molecule has 3 aromatic rings. The second-order valence-electron chi connectivity index (χ2n) is 12.8. The number of nitrogens with zero attached hydrogens (tertiary/aromatic N) is 6. The highest BCUT2D eigenvalue weighted by atomic mass is 32.1. The third kappa shape index (κ3) is 8.21. The Morgan fingerprint density at radius 3 is 2.42 bits per heavy atom. The molecule has 3 heterocycles. The molecule has 1 aliphatic carbocycles. The van der Waals surface area contributed by atoms with Gasteiger partial charge in [-0.25, -0.2) is 9.02 Å². The van der Waals surface area contributed by atoms with Gasteiger partial charge in [0.15, 0.2) is 5.69 Å². The van der Waals surface area contributed by atoms with E-state index < -0.39 is 41.5 Å². The summed E-state index contributed by atoms with van der Waals surface area (Å²) in [6.45, 7) is 8.10. The van der Waals surface area contributed by atoms with Gasteiger partial charge >= 0.3 is 0 Å². The number of nitrogens with one attached hydrogen (secondary N) is 3. The number of anilines is 1. The lowest BCUT2D eigenvalue weighted by molar-refractivity contribution is -0.135. The predicted octanol–water partition coefficient (Wildman–Crippen LogP) is 2.86. The van der Waals surface area contributed by atoms with Crippen molar-refractivity contribution in [3.05, 3.63) is 52.0 Å². The molecule has 0 unspecified atom stereocenters. The first-order valence-electron chi connectivity index (χ1n) is 16.3. The number of rotatable bonds is 11. The molecule has 14 nitrogen and oxygen atoms in total. The largest absolute Gasteiger partial charge is 0.339 e. The zero-order valence-electron chi connectivity index (χ0n) is 27.6. The average molecular weight is 684 g/mol. The fraction of sp³-hybridized carbons (Fsp3) is 0.562. The number of carbonyl (C=O) groups excluding carboxylic acids is 4. The monoisotopic (exact) mass is 683 g/mol. The summed E-state index contributed by atoms with van der Waals surface area (Å²) in [4.78, 5) is 57.7. The Morgan fingerprint density at radius 2 is 1.77 bits per heavy atom. The van der Waals surface area contributed by atoms with Crippen molar-refractivity contribution in [3.8, 4) is 0 Å². The SMILES string of the molecule is CCc1nonc1C(=O)N[C@H](C(=O)Nc1ccc([C@H](C)[C@@H](NC(=O)c2cnns2)C(=O)N2CCN(C)CC2)cc1F)[C@H]1CC[C@H](C)CC1. The minimum Gasteiger partial charge on any atom is -0.339 e. The highest BCUT2D eigenvalue weighted by Gasteiger charge is 2.36. The number of likely N-dealkylation sites (N-methyl/N-ethyl adjacent to an activating group) is 1. The van der Waals surface area contributed by atoms with Crippen LogP contribution in [0.15, 0.2) is 29.0 Å². The Morgan fingerprint density at radius 1 is 1.04 bits per heavy atom. The number of aromatic nitrogens is 4. The van der Waals surface area contributed by atoms with Crippen LogP contribution in [-0.4, -0.2) is 98.6 Å². The highest BCUT2D eigenvalue weighted by molar-refractivity contribution is 7.07. The number of amides is 4. The maximum Gasteiger partial charge on any atom is 0.276 e. The van der Waals surface area contributed by atoms with Crippen molar-refractivity contribution in [2.45, 2.75) is 70.9 Å². The fourth-order valence-corrected chi connectivity index (χ4v) is 6.68. The summed E-state index contributed by atoms with van der Waals surface area (Å²) in [6, 6.07) is 2.39. The molecular weight excluding hydrogens is 641 g/mol.